The van der Waals surface area contributed by atoms with E-state index in [1.54, 1.807) is 7.11 Å². The molecule has 0 fully saturated rings. The first-order valence-electron chi connectivity index (χ1n) is 5.84. The Morgan fingerprint density at radius 1 is 1.47 bits per heavy atom. The third-order valence-corrected chi connectivity index (χ3v) is 2.82. The fraction of sp³-hybridized carbons (Fsp3) is 0.462. The monoisotopic (exact) mass is 234 g/mol. The van der Waals surface area contributed by atoms with Crippen LogP contribution in [0.1, 0.15) is 25.5 Å². The number of ether oxygens (including phenoxy) is 1. The van der Waals surface area contributed by atoms with Gasteiger partial charge < -0.3 is 15.4 Å². The molecular weight excluding hydrogens is 216 g/mol. The van der Waals surface area contributed by atoms with Gasteiger partial charge in [-0.15, -0.1) is 0 Å². The Morgan fingerprint density at radius 3 is 2.88 bits per heavy atom. The van der Waals surface area contributed by atoms with Crippen LogP contribution in [0.4, 0.5) is 5.69 Å². The standard InChI is InChI=1S/C13H18N2O2/c1-8(2)7-14-12-10-5-4-9(17-3)6-11(10)15-13(12)16/h4-6,8,12,14H,7H2,1-3H3,(H,15,16). The Balaban J connectivity index is 2.19. The van der Waals surface area contributed by atoms with Gasteiger partial charge in [0.1, 0.15) is 11.8 Å². The van der Waals surface area contributed by atoms with E-state index in [0.717, 1.165) is 23.5 Å². The van der Waals surface area contributed by atoms with E-state index in [4.69, 9.17) is 4.74 Å². The smallest absolute Gasteiger partial charge is 0.246 e. The normalized spacial score (nSPS) is 18.1. The van der Waals surface area contributed by atoms with Crippen molar-refractivity contribution >= 4 is 11.6 Å². The van der Waals surface area contributed by atoms with Gasteiger partial charge in [0, 0.05) is 17.3 Å². The quantitative estimate of drug-likeness (QED) is 0.837. The summed E-state index contributed by atoms with van der Waals surface area (Å²) >= 11 is 0. The summed E-state index contributed by atoms with van der Waals surface area (Å²) in [6.07, 6.45) is 0. The molecule has 0 spiro atoms. The fourth-order valence-electron chi connectivity index (χ4n) is 1.92. The van der Waals surface area contributed by atoms with Gasteiger partial charge >= 0.3 is 0 Å². The highest BCUT2D eigenvalue weighted by atomic mass is 16.5. The fourth-order valence-corrected chi connectivity index (χ4v) is 1.92. The van der Waals surface area contributed by atoms with E-state index < -0.39 is 0 Å². The predicted molar refractivity (Wildman–Crippen MR) is 67.2 cm³/mol. The highest BCUT2D eigenvalue weighted by Gasteiger charge is 2.30. The Bertz CT molecular complexity index is 429. The van der Waals surface area contributed by atoms with Crippen molar-refractivity contribution in [3.05, 3.63) is 23.8 Å². The van der Waals surface area contributed by atoms with Crippen molar-refractivity contribution < 1.29 is 9.53 Å². The van der Waals surface area contributed by atoms with Crippen LogP contribution in [0, 0.1) is 5.92 Å². The van der Waals surface area contributed by atoms with E-state index in [-0.39, 0.29) is 11.9 Å². The summed E-state index contributed by atoms with van der Waals surface area (Å²) in [5, 5.41) is 6.14. The van der Waals surface area contributed by atoms with Crippen molar-refractivity contribution in [2.45, 2.75) is 19.9 Å². The Hall–Kier alpha value is -1.55. The van der Waals surface area contributed by atoms with E-state index in [9.17, 15) is 4.79 Å². The third-order valence-electron chi connectivity index (χ3n) is 2.82. The number of nitrogens with one attached hydrogen (secondary N) is 2. The molecule has 1 aromatic rings. The van der Waals surface area contributed by atoms with Gasteiger partial charge in [0.05, 0.1) is 7.11 Å². The first-order valence-corrected chi connectivity index (χ1v) is 5.84. The molecule has 0 saturated heterocycles. The lowest BCUT2D eigenvalue weighted by molar-refractivity contribution is -0.117. The Morgan fingerprint density at radius 2 is 2.24 bits per heavy atom. The molecule has 0 aromatic heterocycles. The zero-order chi connectivity index (χ0) is 12.4. The second-order valence-corrected chi connectivity index (χ2v) is 4.68. The van der Waals surface area contributed by atoms with Gasteiger partial charge in [-0.2, -0.15) is 0 Å². The van der Waals surface area contributed by atoms with Gasteiger partial charge in [0.25, 0.3) is 0 Å². The molecule has 0 aliphatic carbocycles. The highest BCUT2D eigenvalue weighted by Crippen LogP contribution is 2.33. The van der Waals surface area contributed by atoms with E-state index in [0.29, 0.717) is 5.92 Å². The van der Waals surface area contributed by atoms with Crippen molar-refractivity contribution in [3.63, 3.8) is 0 Å². The van der Waals surface area contributed by atoms with E-state index in [1.807, 2.05) is 18.2 Å². The Kier molecular flexibility index (Phi) is 3.33. The first kappa shape index (κ1) is 11.9. The van der Waals surface area contributed by atoms with Gasteiger partial charge in [-0.25, -0.2) is 0 Å². The molecule has 4 nitrogen and oxygen atoms in total. The number of hydrogen-bond donors (Lipinski definition) is 2. The van der Waals surface area contributed by atoms with Gasteiger partial charge in [-0.3, -0.25) is 4.79 Å². The van der Waals surface area contributed by atoms with Crippen LogP contribution in [0.2, 0.25) is 0 Å². The minimum atomic E-state index is -0.238. The molecule has 0 bridgehead atoms. The number of carbonyl (C=O) groups excluding carboxylic acids is 1. The molecule has 1 amide bonds. The molecule has 1 aliphatic heterocycles. The number of methoxy groups -OCH3 is 1. The van der Waals surface area contributed by atoms with Crippen LogP contribution >= 0.6 is 0 Å². The number of rotatable bonds is 4. The number of amides is 1. The molecule has 1 atom stereocenters. The lowest BCUT2D eigenvalue weighted by atomic mass is 10.1. The molecule has 1 aromatic carbocycles. The topological polar surface area (TPSA) is 50.4 Å². The molecule has 2 N–H and O–H groups in total. The van der Waals surface area contributed by atoms with Gasteiger partial charge in [-0.1, -0.05) is 19.9 Å². The van der Waals surface area contributed by atoms with Gasteiger partial charge in [0.2, 0.25) is 5.91 Å². The number of carbonyl (C=O) groups is 1. The molecule has 2 rings (SSSR count). The maximum atomic E-state index is 11.8. The molecule has 1 unspecified atom stereocenters. The molecule has 17 heavy (non-hydrogen) atoms. The predicted octanol–water partition coefficient (Wildman–Crippen LogP) is 1.93. The first-order chi connectivity index (χ1) is 8.11. The van der Waals surface area contributed by atoms with Crippen LogP contribution in [-0.2, 0) is 4.79 Å². The summed E-state index contributed by atoms with van der Waals surface area (Å²) in [5.74, 6) is 1.28. The van der Waals surface area contributed by atoms with Crippen molar-refractivity contribution in [2.75, 3.05) is 19.0 Å². The minimum Gasteiger partial charge on any atom is -0.497 e. The summed E-state index contributed by atoms with van der Waals surface area (Å²) in [5.41, 5.74) is 1.84. The van der Waals surface area contributed by atoms with Crippen molar-refractivity contribution in [1.82, 2.24) is 5.32 Å². The second kappa shape index (κ2) is 4.75. The van der Waals surface area contributed by atoms with Crippen LogP contribution in [0.25, 0.3) is 0 Å². The lowest BCUT2D eigenvalue weighted by Crippen LogP contribution is -2.30. The number of anilines is 1. The maximum Gasteiger partial charge on any atom is 0.246 e. The summed E-state index contributed by atoms with van der Waals surface area (Å²) in [6.45, 7) is 5.06. The summed E-state index contributed by atoms with van der Waals surface area (Å²) < 4.78 is 5.14. The van der Waals surface area contributed by atoms with Crippen molar-refractivity contribution in [3.8, 4) is 5.75 Å². The van der Waals surface area contributed by atoms with E-state index in [1.165, 1.54) is 0 Å². The third kappa shape index (κ3) is 2.42. The largest absolute Gasteiger partial charge is 0.497 e. The summed E-state index contributed by atoms with van der Waals surface area (Å²) in [7, 11) is 1.62. The van der Waals surface area contributed by atoms with Crippen LogP contribution in [0.3, 0.4) is 0 Å². The second-order valence-electron chi connectivity index (χ2n) is 4.68. The minimum absolute atomic E-state index is 0.00824. The average molecular weight is 234 g/mol. The zero-order valence-corrected chi connectivity index (χ0v) is 10.4. The van der Waals surface area contributed by atoms with Crippen LogP contribution in [0.5, 0.6) is 5.75 Å². The summed E-state index contributed by atoms with van der Waals surface area (Å²) in [6, 6.07) is 5.43. The molecular formula is C13H18N2O2. The van der Waals surface area contributed by atoms with E-state index >= 15 is 0 Å². The van der Waals surface area contributed by atoms with Gasteiger partial charge in [0.15, 0.2) is 0 Å². The Labute approximate surface area is 101 Å². The number of hydrogen-bond acceptors (Lipinski definition) is 3. The van der Waals surface area contributed by atoms with Crippen LogP contribution < -0.4 is 15.4 Å². The average Bonchev–Trinajstić information content (AvgIpc) is 2.60. The van der Waals surface area contributed by atoms with Gasteiger partial charge in [-0.05, 0) is 18.5 Å². The lowest BCUT2D eigenvalue weighted by Gasteiger charge is -2.13. The highest BCUT2D eigenvalue weighted by molar-refractivity contribution is 6.02. The number of fused-ring (bicyclic) bond motifs is 1. The number of benzene rings is 1. The van der Waals surface area contributed by atoms with Crippen molar-refractivity contribution in [2.24, 2.45) is 5.92 Å². The molecule has 92 valence electrons. The summed E-state index contributed by atoms with van der Waals surface area (Å²) in [4.78, 5) is 11.8. The SMILES string of the molecule is COc1ccc2c(c1)NC(=O)C2NCC(C)C. The molecule has 1 aliphatic rings. The molecule has 0 saturated carbocycles. The molecule has 4 heteroatoms. The molecule has 0 radical (unpaired) electrons. The zero-order valence-electron chi connectivity index (χ0n) is 10.4. The van der Waals surface area contributed by atoms with Crippen molar-refractivity contribution in [1.29, 1.82) is 0 Å². The van der Waals surface area contributed by atoms with Crippen LogP contribution in [0.15, 0.2) is 18.2 Å². The maximum absolute atomic E-state index is 11.8. The molecule has 1 heterocycles. The van der Waals surface area contributed by atoms with E-state index in [2.05, 4.69) is 24.5 Å². The van der Waals surface area contributed by atoms with Crippen LogP contribution in [-0.4, -0.2) is 19.6 Å².